The van der Waals surface area contributed by atoms with Crippen LogP contribution in [0, 0.1) is 13.8 Å². The van der Waals surface area contributed by atoms with E-state index in [1.54, 1.807) is 11.7 Å². The first-order chi connectivity index (χ1) is 15.4. The zero-order valence-corrected chi connectivity index (χ0v) is 20.9. The van der Waals surface area contributed by atoms with Crippen LogP contribution >= 0.6 is 23.1 Å². The van der Waals surface area contributed by atoms with Crippen molar-refractivity contribution in [2.24, 2.45) is 0 Å². The Morgan fingerprint density at radius 3 is 2.53 bits per heavy atom. The number of hydrogen-bond donors (Lipinski definition) is 1. The predicted molar refractivity (Wildman–Crippen MR) is 135 cm³/mol. The molecular formula is C23H30N4O3S2. The van der Waals surface area contributed by atoms with Crippen molar-refractivity contribution in [3.05, 3.63) is 45.1 Å². The first-order valence-corrected chi connectivity index (χ1v) is 12.5. The molecular weight excluding hydrogens is 444 g/mol. The van der Waals surface area contributed by atoms with Crippen molar-refractivity contribution >= 4 is 50.6 Å². The second kappa shape index (κ2) is 11.0. The van der Waals surface area contributed by atoms with Gasteiger partial charge in [0.2, 0.25) is 5.91 Å². The van der Waals surface area contributed by atoms with Crippen molar-refractivity contribution in [1.29, 1.82) is 0 Å². The minimum absolute atomic E-state index is 0.0798. The molecule has 0 radical (unpaired) electrons. The van der Waals surface area contributed by atoms with Gasteiger partial charge in [0.15, 0.2) is 5.16 Å². The summed E-state index contributed by atoms with van der Waals surface area (Å²) >= 11 is 2.78. The van der Waals surface area contributed by atoms with Crippen LogP contribution in [0.15, 0.2) is 34.2 Å². The number of amides is 1. The first-order valence-electron chi connectivity index (χ1n) is 10.7. The minimum Gasteiger partial charge on any atom is -0.383 e. The molecule has 3 rings (SSSR count). The fraction of sp³-hybridized carbons (Fsp3) is 0.435. The molecule has 9 heteroatoms. The van der Waals surface area contributed by atoms with E-state index in [-0.39, 0.29) is 17.2 Å². The summed E-state index contributed by atoms with van der Waals surface area (Å²) in [5, 5.41) is 4.12. The van der Waals surface area contributed by atoms with Crippen LogP contribution < -0.4 is 15.8 Å². The minimum atomic E-state index is -0.142. The summed E-state index contributed by atoms with van der Waals surface area (Å²) in [6.07, 6.45) is 0. The number of benzene rings is 1. The lowest BCUT2D eigenvalue weighted by Gasteiger charge is -2.21. The highest BCUT2D eigenvalue weighted by Crippen LogP contribution is 2.28. The number of thioether (sulfide) groups is 1. The number of ether oxygens (including phenoxy) is 1. The number of methoxy groups -OCH3 is 1. The molecule has 2 aromatic heterocycles. The average Bonchev–Trinajstić information content (AvgIpc) is 3.07. The molecule has 3 aromatic rings. The molecule has 7 nitrogen and oxygen atoms in total. The fourth-order valence-electron chi connectivity index (χ4n) is 3.47. The molecule has 0 aliphatic carbocycles. The van der Waals surface area contributed by atoms with Gasteiger partial charge in [-0.2, -0.15) is 0 Å². The lowest BCUT2D eigenvalue weighted by molar-refractivity contribution is -0.113. The Morgan fingerprint density at radius 2 is 1.91 bits per heavy atom. The van der Waals surface area contributed by atoms with E-state index in [2.05, 4.69) is 24.1 Å². The Labute approximate surface area is 196 Å². The summed E-state index contributed by atoms with van der Waals surface area (Å²) in [5.41, 5.74) is 2.76. The number of rotatable bonds is 10. The number of nitrogens with one attached hydrogen (secondary N) is 1. The number of nitrogens with zero attached hydrogens (tertiary/aromatic N) is 3. The lowest BCUT2D eigenvalue weighted by Crippen LogP contribution is -2.26. The van der Waals surface area contributed by atoms with Crippen molar-refractivity contribution < 1.29 is 9.53 Å². The van der Waals surface area contributed by atoms with Crippen molar-refractivity contribution in [3.8, 4) is 0 Å². The molecule has 1 N–H and O–H groups in total. The molecule has 1 amide bonds. The van der Waals surface area contributed by atoms with E-state index in [9.17, 15) is 9.59 Å². The molecule has 172 valence electrons. The van der Waals surface area contributed by atoms with E-state index in [4.69, 9.17) is 9.72 Å². The monoisotopic (exact) mass is 474 g/mol. The summed E-state index contributed by atoms with van der Waals surface area (Å²) < 4.78 is 6.79. The number of fused-ring (bicyclic) bond motifs is 1. The quantitative estimate of drug-likeness (QED) is 0.349. The molecule has 0 fully saturated rings. The lowest BCUT2D eigenvalue weighted by atomic mass is 10.2. The first kappa shape index (κ1) is 24.3. The summed E-state index contributed by atoms with van der Waals surface area (Å²) in [6, 6.07) is 7.84. The number of aryl methyl sites for hydroxylation is 2. The van der Waals surface area contributed by atoms with Gasteiger partial charge in [0.05, 0.1) is 24.3 Å². The average molecular weight is 475 g/mol. The highest BCUT2D eigenvalue weighted by atomic mass is 32.2. The number of carbonyl (C=O) groups is 1. The molecule has 32 heavy (non-hydrogen) atoms. The van der Waals surface area contributed by atoms with Crippen LogP contribution in [0.3, 0.4) is 0 Å². The van der Waals surface area contributed by atoms with Crippen LogP contribution in [0.4, 0.5) is 11.4 Å². The SMILES string of the molecule is CCN(CC)c1ccc(NC(=O)CSc2nc3sc(C)c(C)c3c(=O)n2CCOC)cc1. The van der Waals surface area contributed by atoms with E-state index < -0.39 is 0 Å². The standard InChI is InChI=1S/C23H30N4O3S2/c1-6-26(7-2)18-10-8-17(9-11-18)24-19(28)14-31-23-25-21-20(15(3)16(4)32-21)22(29)27(23)12-13-30-5/h8-11H,6-7,12-14H2,1-5H3,(H,24,28). The second-order valence-corrected chi connectivity index (χ2v) is 9.51. The third-order valence-electron chi connectivity index (χ3n) is 5.38. The van der Waals surface area contributed by atoms with Crippen molar-refractivity contribution in [2.75, 3.05) is 42.8 Å². The summed E-state index contributed by atoms with van der Waals surface area (Å²) in [5.74, 6) is 0.0169. The zero-order chi connectivity index (χ0) is 23.3. The molecule has 0 saturated carbocycles. The number of hydrogen-bond acceptors (Lipinski definition) is 7. The molecule has 0 saturated heterocycles. The van der Waals surface area contributed by atoms with Crippen molar-refractivity contribution in [1.82, 2.24) is 9.55 Å². The highest BCUT2D eigenvalue weighted by Gasteiger charge is 2.17. The van der Waals surface area contributed by atoms with Crippen LogP contribution in [0.2, 0.25) is 0 Å². The Balaban J connectivity index is 1.74. The van der Waals surface area contributed by atoms with Crippen LogP contribution in [0.1, 0.15) is 24.3 Å². The van der Waals surface area contributed by atoms with Gasteiger partial charge in [-0.3, -0.25) is 14.2 Å². The van der Waals surface area contributed by atoms with E-state index in [0.29, 0.717) is 28.5 Å². The molecule has 0 aliphatic heterocycles. The van der Waals surface area contributed by atoms with Gasteiger partial charge in [-0.25, -0.2) is 4.98 Å². The van der Waals surface area contributed by atoms with E-state index in [1.807, 2.05) is 38.1 Å². The van der Waals surface area contributed by atoms with Crippen LogP contribution in [0.25, 0.3) is 10.2 Å². The third-order valence-corrected chi connectivity index (χ3v) is 7.46. The van der Waals surface area contributed by atoms with E-state index in [0.717, 1.165) is 34.9 Å². The van der Waals surface area contributed by atoms with Crippen LogP contribution in [-0.4, -0.2) is 48.0 Å². The maximum Gasteiger partial charge on any atom is 0.263 e. The molecule has 0 bridgehead atoms. The van der Waals surface area contributed by atoms with Gasteiger partial charge in [-0.1, -0.05) is 11.8 Å². The Bertz CT molecular complexity index is 1130. The van der Waals surface area contributed by atoms with Crippen molar-refractivity contribution in [2.45, 2.75) is 39.4 Å². The molecule has 0 spiro atoms. The Kier molecular flexibility index (Phi) is 8.33. The third kappa shape index (κ3) is 5.33. The van der Waals surface area contributed by atoms with Gasteiger partial charge in [-0.05, 0) is 57.5 Å². The molecule has 0 atom stereocenters. The summed E-state index contributed by atoms with van der Waals surface area (Å²) in [6.45, 7) is 10.8. The number of carbonyl (C=O) groups excluding carboxylic acids is 1. The largest absolute Gasteiger partial charge is 0.383 e. The zero-order valence-electron chi connectivity index (χ0n) is 19.2. The maximum atomic E-state index is 13.1. The van der Waals surface area contributed by atoms with Crippen LogP contribution in [0.5, 0.6) is 0 Å². The highest BCUT2D eigenvalue weighted by molar-refractivity contribution is 7.99. The van der Waals surface area contributed by atoms with Gasteiger partial charge >= 0.3 is 0 Å². The van der Waals surface area contributed by atoms with Gasteiger partial charge < -0.3 is 15.0 Å². The smallest absolute Gasteiger partial charge is 0.263 e. The normalized spacial score (nSPS) is 11.2. The fourth-order valence-corrected chi connectivity index (χ4v) is 5.37. The summed E-state index contributed by atoms with van der Waals surface area (Å²) in [4.78, 5) is 34.4. The predicted octanol–water partition coefficient (Wildman–Crippen LogP) is 4.30. The van der Waals surface area contributed by atoms with Gasteiger partial charge in [0.25, 0.3) is 5.56 Å². The topological polar surface area (TPSA) is 76.5 Å². The van der Waals surface area contributed by atoms with Crippen LogP contribution in [-0.2, 0) is 16.1 Å². The van der Waals surface area contributed by atoms with Gasteiger partial charge in [0, 0.05) is 36.5 Å². The molecule has 0 unspecified atom stereocenters. The molecule has 0 aliphatic rings. The van der Waals surface area contributed by atoms with Crippen molar-refractivity contribution in [3.63, 3.8) is 0 Å². The van der Waals surface area contributed by atoms with Gasteiger partial charge in [0.1, 0.15) is 4.83 Å². The Hall–Kier alpha value is -2.36. The number of anilines is 2. The number of aromatic nitrogens is 2. The maximum absolute atomic E-state index is 13.1. The van der Waals surface area contributed by atoms with Gasteiger partial charge in [-0.15, -0.1) is 11.3 Å². The molecule has 1 aromatic carbocycles. The van der Waals surface area contributed by atoms with E-state index >= 15 is 0 Å². The Morgan fingerprint density at radius 1 is 1.22 bits per heavy atom. The molecule has 2 heterocycles. The van der Waals surface area contributed by atoms with E-state index in [1.165, 1.54) is 23.1 Å². The second-order valence-electron chi connectivity index (χ2n) is 7.36. The summed E-state index contributed by atoms with van der Waals surface area (Å²) in [7, 11) is 1.60. The number of thiophene rings is 1.